The number of amides is 2. The smallest absolute Gasteiger partial charge is 0.261 e. The number of nitrogens with one attached hydrogen (secondary N) is 2. The molecule has 0 saturated heterocycles. The maximum atomic E-state index is 12.9. The van der Waals surface area contributed by atoms with E-state index in [2.05, 4.69) is 15.6 Å². The van der Waals surface area contributed by atoms with Crippen molar-refractivity contribution in [3.05, 3.63) is 53.0 Å². The van der Waals surface area contributed by atoms with Crippen LogP contribution in [0.2, 0.25) is 0 Å². The lowest BCUT2D eigenvalue weighted by Gasteiger charge is -2.23. The van der Waals surface area contributed by atoms with Crippen molar-refractivity contribution in [2.45, 2.75) is 39.4 Å². The van der Waals surface area contributed by atoms with Crippen LogP contribution in [0.3, 0.4) is 0 Å². The van der Waals surface area contributed by atoms with Crippen LogP contribution in [-0.2, 0) is 22.7 Å². The third-order valence-corrected chi connectivity index (χ3v) is 5.47. The van der Waals surface area contributed by atoms with Gasteiger partial charge in [0.2, 0.25) is 11.8 Å². The monoisotopic (exact) mass is 456 g/mol. The molecule has 0 aliphatic rings. The lowest BCUT2D eigenvalue weighted by Crippen LogP contribution is -2.51. The fourth-order valence-electron chi connectivity index (χ4n) is 3.37. The number of carbonyl (C=O) groups is 2. The van der Waals surface area contributed by atoms with Crippen molar-refractivity contribution >= 4 is 22.7 Å². The van der Waals surface area contributed by atoms with Gasteiger partial charge >= 0.3 is 0 Å². The molecule has 0 radical (unpaired) electrons. The molecule has 0 fully saturated rings. The minimum absolute atomic E-state index is 0.117. The van der Waals surface area contributed by atoms with Gasteiger partial charge in [-0.05, 0) is 24.1 Å². The molecule has 0 bridgehead atoms. The number of rotatable bonds is 10. The lowest BCUT2D eigenvalue weighted by molar-refractivity contribution is -0.130. The van der Waals surface area contributed by atoms with Gasteiger partial charge < -0.3 is 24.5 Å². The molecule has 33 heavy (non-hydrogen) atoms. The fraction of sp³-hybridized carbons (Fsp3) is 0.391. The van der Waals surface area contributed by atoms with E-state index in [0.717, 1.165) is 0 Å². The second-order valence-corrected chi connectivity index (χ2v) is 7.63. The first-order valence-electron chi connectivity index (χ1n) is 10.6. The molecule has 2 aromatic heterocycles. The summed E-state index contributed by atoms with van der Waals surface area (Å²) in [6.45, 7) is 3.74. The van der Waals surface area contributed by atoms with Crippen LogP contribution < -0.4 is 25.7 Å². The van der Waals surface area contributed by atoms with Gasteiger partial charge in [-0.3, -0.25) is 19.0 Å². The van der Waals surface area contributed by atoms with Gasteiger partial charge in [0.05, 0.1) is 44.3 Å². The number of nitrogens with zero attached hydrogens (tertiary/aromatic N) is 2. The molecule has 3 rings (SSSR count). The summed E-state index contributed by atoms with van der Waals surface area (Å²) < 4.78 is 16.9. The Labute approximate surface area is 190 Å². The molecule has 0 aliphatic carbocycles. The van der Waals surface area contributed by atoms with Gasteiger partial charge in [0.15, 0.2) is 11.5 Å². The second kappa shape index (κ2) is 10.7. The predicted molar refractivity (Wildman–Crippen MR) is 121 cm³/mol. The van der Waals surface area contributed by atoms with Gasteiger partial charge in [0, 0.05) is 6.07 Å². The summed E-state index contributed by atoms with van der Waals surface area (Å²) >= 11 is 0. The van der Waals surface area contributed by atoms with Crippen molar-refractivity contribution in [1.82, 2.24) is 20.2 Å². The number of hydrogen-bond acceptors (Lipinski definition) is 7. The van der Waals surface area contributed by atoms with E-state index in [1.807, 2.05) is 13.8 Å². The van der Waals surface area contributed by atoms with Crippen LogP contribution in [0.1, 0.15) is 26.0 Å². The van der Waals surface area contributed by atoms with Gasteiger partial charge in [-0.1, -0.05) is 20.3 Å². The molecule has 10 nitrogen and oxygen atoms in total. The van der Waals surface area contributed by atoms with E-state index in [0.29, 0.717) is 29.2 Å². The summed E-state index contributed by atoms with van der Waals surface area (Å²) in [5.74, 6) is 0.528. The van der Waals surface area contributed by atoms with E-state index in [-0.39, 0.29) is 30.3 Å². The molecular formula is C23H28N4O6. The van der Waals surface area contributed by atoms with Crippen molar-refractivity contribution in [3.63, 3.8) is 0 Å². The molecule has 2 amide bonds. The van der Waals surface area contributed by atoms with E-state index < -0.39 is 17.5 Å². The molecule has 2 atom stereocenters. The predicted octanol–water partition coefficient (Wildman–Crippen LogP) is 1.85. The average Bonchev–Trinajstić information content (AvgIpc) is 3.35. The van der Waals surface area contributed by atoms with Crippen molar-refractivity contribution in [2.75, 3.05) is 14.2 Å². The van der Waals surface area contributed by atoms with Crippen LogP contribution in [0.4, 0.5) is 0 Å². The van der Waals surface area contributed by atoms with Gasteiger partial charge in [0.1, 0.15) is 18.3 Å². The molecule has 2 unspecified atom stereocenters. The Kier molecular flexibility index (Phi) is 7.70. The highest BCUT2D eigenvalue weighted by atomic mass is 16.5. The highest BCUT2D eigenvalue weighted by Crippen LogP contribution is 2.29. The second-order valence-electron chi connectivity index (χ2n) is 7.63. The number of aromatic nitrogens is 2. The van der Waals surface area contributed by atoms with Gasteiger partial charge in [-0.15, -0.1) is 0 Å². The molecule has 176 valence electrons. The molecule has 0 aliphatic heterocycles. The highest BCUT2D eigenvalue weighted by molar-refractivity contribution is 5.88. The molecular weight excluding hydrogens is 428 g/mol. The Morgan fingerprint density at radius 1 is 1.21 bits per heavy atom. The van der Waals surface area contributed by atoms with Crippen molar-refractivity contribution < 1.29 is 23.5 Å². The first kappa shape index (κ1) is 23.8. The molecule has 2 heterocycles. The Hall–Kier alpha value is -3.82. The average molecular weight is 456 g/mol. The first-order chi connectivity index (χ1) is 15.9. The van der Waals surface area contributed by atoms with Crippen LogP contribution >= 0.6 is 0 Å². The number of carbonyl (C=O) groups excluding carboxylic acids is 2. The molecule has 0 spiro atoms. The Balaban J connectivity index is 1.75. The number of hydrogen-bond donors (Lipinski definition) is 2. The third-order valence-electron chi connectivity index (χ3n) is 5.47. The van der Waals surface area contributed by atoms with E-state index in [9.17, 15) is 14.4 Å². The Bertz CT molecular complexity index is 1170. The summed E-state index contributed by atoms with van der Waals surface area (Å²) in [5.41, 5.74) is 0.0163. The van der Waals surface area contributed by atoms with Crippen molar-refractivity contribution in [3.8, 4) is 11.5 Å². The molecule has 0 saturated carbocycles. The van der Waals surface area contributed by atoms with E-state index in [1.54, 1.807) is 18.2 Å². The normalized spacial score (nSPS) is 12.7. The number of furan rings is 1. The van der Waals surface area contributed by atoms with Gasteiger partial charge in [0.25, 0.3) is 5.56 Å². The summed E-state index contributed by atoms with van der Waals surface area (Å²) in [6.07, 6.45) is 3.50. The lowest BCUT2D eigenvalue weighted by atomic mass is 9.98. The van der Waals surface area contributed by atoms with E-state index in [4.69, 9.17) is 13.9 Å². The van der Waals surface area contributed by atoms with Crippen LogP contribution in [0, 0.1) is 5.92 Å². The Morgan fingerprint density at radius 3 is 2.58 bits per heavy atom. The fourth-order valence-corrected chi connectivity index (χ4v) is 3.37. The maximum absolute atomic E-state index is 12.9. The van der Waals surface area contributed by atoms with Gasteiger partial charge in [-0.2, -0.15) is 0 Å². The minimum atomic E-state index is -0.758. The zero-order valence-corrected chi connectivity index (χ0v) is 19.1. The Morgan fingerprint density at radius 2 is 1.94 bits per heavy atom. The molecule has 1 aromatic carbocycles. The van der Waals surface area contributed by atoms with Gasteiger partial charge in [-0.25, -0.2) is 4.98 Å². The number of fused-ring (bicyclic) bond motifs is 1. The summed E-state index contributed by atoms with van der Waals surface area (Å²) in [7, 11) is 2.96. The molecule has 2 N–H and O–H groups in total. The quantitative estimate of drug-likeness (QED) is 0.477. The molecule has 3 aromatic rings. The minimum Gasteiger partial charge on any atom is -0.493 e. The van der Waals surface area contributed by atoms with Crippen molar-refractivity contribution in [2.24, 2.45) is 5.92 Å². The van der Waals surface area contributed by atoms with Crippen molar-refractivity contribution in [1.29, 1.82) is 0 Å². The largest absolute Gasteiger partial charge is 0.493 e. The van der Waals surface area contributed by atoms with Crippen LogP contribution in [0.5, 0.6) is 11.5 Å². The highest BCUT2D eigenvalue weighted by Gasteiger charge is 2.26. The first-order valence-corrected chi connectivity index (χ1v) is 10.6. The SMILES string of the molecule is CCC(C)C(NC(=O)Cn1cnc2cc(OC)c(OC)cc2c1=O)C(=O)NCc1ccco1. The topological polar surface area (TPSA) is 125 Å². The zero-order valence-electron chi connectivity index (χ0n) is 19.1. The summed E-state index contributed by atoms with van der Waals surface area (Å²) in [6, 6.07) is 5.85. The van der Waals surface area contributed by atoms with Crippen LogP contribution in [0.15, 0.2) is 46.1 Å². The number of methoxy groups -OCH3 is 2. The van der Waals surface area contributed by atoms with E-state index >= 15 is 0 Å². The number of benzene rings is 1. The molecule has 10 heteroatoms. The summed E-state index contributed by atoms with van der Waals surface area (Å²) in [4.78, 5) is 42.7. The zero-order chi connectivity index (χ0) is 24.0. The van der Waals surface area contributed by atoms with Crippen LogP contribution in [0.25, 0.3) is 10.9 Å². The standard InChI is InChI=1S/C23H28N4O6/c1-5-14(2)21(22(29)24-11-15-7-6-8-33-15)26-20(28)12-27-13-25-17-10-19(32-4)18(31-3)9-16(17)23(27)30/h6-10,13-14,21H,5,11-12H2,1-4H3,(H,24,29)(H,26,28). The van der Waals surface area contributed by atoms with E-state index in [1.165, 1.54) is 37.4 Å². The maximum Gasteiger partial charge on any atom is 0.261 e. The third kappa shape index (κ3) is 5.51. The number of ether oxygens (including phenoxy) is 2. The van der Waals surface area contributed by atoms with Crippen LogP contribution in [-0.4, -0.2) is 41.6 Å². The summed E-state index contributed by atoms with van der Waals surface area (Å²) in [5, 5.41) is 5.81.